The first-order valence-corrected chi connectivity index (χ1v) is 9.16. The minimum Gasteiger partial charge on any atom is -0.462 e. The number of hydrogen-bond acceptors (Lipinski definition) is 6. The van der Waals surface area contributed by atoms with Gasteiger partial charge in [0.2, 0.25) is 0 Å². The van der Waals surface area contributed by atoms with E-state index in [1.807, 2.05) is 0 Å². The molecule has 1 amide bonds. The van der Waals surface area contributed by atoms with Gasteiger partial charge in [0, 0.05) is 29.1 Å². The number of hydrogen-bond donors (Lipinski definition) is 0. The number of carbonyl (C=O) groups excluding carboxylic acids is 2. The third-order valence-corrected chi connectivity index (χ3v) is 4.71. The van der Waals surface area contributed by atoms with Gasteiger partial charge >= 0.3 is 5.97 Å². The highest BCUT2D eigenvalue weighted by molar-refractivity contribution is 7.16. The number of amides is 1. The first kappa shape index (κ1) is 20.6. The fourth-order valence-electron chi connectivity index (χ4n) is 2.35. The van der Waals surface area contributed by atoms with Gasteiger partial charge in [-0.15, -0.1) is 17.9 Å². The summed E-state index contributed by atoms with van der Waals surface area (Å²) < 4.78 is 5.48. The summed E-state index contributed by atoms with van der Waals surface area (Å²) in [6.07, 6.45) is 1.55. The molecule has 0 aliphatic carbocycles. The second-order valence-electron chi connectivity index (χ2n) is 5.43. The highest BCUT2D eigenvalue weighted by atomic mass is 35.5. The van der Waals surface area contributed by atoms with Crippen molar-refractivity contribution in [2.75, 3.05) is 13.2 Å². The van der Waals surface area contributed by atoms with E-state index >= 15 is 0 Å². The molecule has 142 valence electrons. The van der Waals surface area contributed by atoms with Crippen molar-refractivity contribution in [1.82, 2.24) is 4.90 Å². The van der Waals surface area contributed by atoms with E-state index in [1.54, 1.807) is 25.1 Å². The molecule has 0 spiro atoms. The number of non-ortho nitro benzene ring substituents is 1. The van der Waals surface area contributed by atoms with Crippen LogP contribution in [-0.2, 0) is 11.3 Å². The molecule has 9 heteroatoms. The van der Waals surface area contributed by atoms with Gasteiger partial charge in [-0.2, -0.15) is 0 Å². The van der Waals surface area contributed by atoms with Gasteiger partial charge in [0.1, 0.15) is 0 Å². The number of nitrogens with zero attached hydrogens (tertiary/aromatic N) is 2. The average molecular weight is 409 g/mol. The first-order chi connectivity index (χ1) is 12.8. The second kappa shape index (κ2) is 9.29. The highest BCUT2D eigenvalue weighted by Crippen LogP contribution is 2.24. The fraction of sp³-hybridized carbons (Fsp3) is 0.222. The smallest absolute Gasteiger partial charge is 0.338 e. The number of nitro benzene ring substituents is 1. The van der Waals surface area contributed by atoms with Gasteiger partial charge in [0.05, 0.1) is 28.0 Å². The summed E-state index contributed by atoms with van der Waals surface area (Å²) >= 11 is 7.26. The van der Waals surface area contributed by atoms with Gasteiger partial charge in [-0.3, -0.25) is 14.9 Å². The Balaban J connectivity index is 2.39. The lowest BCUT2D eigenvalue weighted by atomic mass is 10.1. The molecule has 0 aliphatic heterocycles. The van der Waals surface area contributed by atoms with Crippen LogP contribution in [-0.4, -0.2) is 34.9 Å². The quantitative estimate of drug-likeness (QED) is 0.281. The Kier molecular flexibility index (Phi) is 7.09. The Morgan fingerprint density at radius 2 is 2.04 bits per heavy atom. The van der Waals surface area contributed by atoms with E-state index in [4.69, 9.17) is 16.3 Å². The van der Waals surface area contributed by atoms with Gasteiger partial charge in [-0.05, 0) is 25.1 Å². The molecule has 0 radical (unpaired) electrons. The number of rotatable bonds is 8. The lowest BCUT2D eigenvalue weighted by molar-refractivity contribution is -0.384. The Morgan fingerprint density at radius 3 is 2.59 bits per heavy atom. The predicted molar refractivity (Wildman–Crippen MR) is 103 cm³/mol. The lowest BCUT2D eigenvalue weighted by Gasteiger charge is -2.20. The van der Waals surface area contributed by atoms with Crippen molar-refractivity contribution >= 4 is 40.5 Å². The standard InChI is InChI=1S/C18H17ClN2O5S/c1-3-7-20(11-15-5-6-16(19)27-15)17(22)12-8-13(18(23)26-4-2)10-14(9-12)21(24)25/h3,5-6,8-10H,1,4,7,11H2,2H3. The Morgan fingerprint density at radius 1 is 1.33 bits per heavy atom. The number of carbonyl (C=O) groups is 2. The molecule has 0 aliphatic rings. The molecule has 0 saturated carbocycles. The maximum Gasteiger partial charge on any atom is 0.338 e. The maximum absolute atomic E-state index is 12.9. The number of benzene rings is 1. The van der Waals surface area contributed by atoms with Crippen molar-refractivity contribution in [1.29, 1.82) is 0 Å². The van der Waals surface area contributed by atoms with Crippen LogP contribution in [0.1, 0.15) is 32.5 Å². The number of thiophene rings is 1. The fourth-order valence-corrected chi connectivity index (χ4v) is 3.46. The molecule has 27 heavy (non-hydrogen) atoms. The minimum absolute atomic E-state index is 0.0248. The van der Waals surface area contributed by atoms with Crippen molar-refractivity contribution in [2.45, 2.75) is 13.5 Å². The largest absolute Gasteiger partial charge is 0.462 e. The highest BCUT2D eigenvalue weighted by Gasteiger charge is 2.22. The summed E-state index contributed by atoms with van der Waals surface area (Å²) in [6, 6.07) is 7.05. The molecule has 0 bridgehead atoms. The van der Waals surface area contributed by atoms with Gasteiger partial charge < -0.3 is 9.64 Å². The Bertz CT molecular complexity index is 880. The van der Waals surface area contributed by atoms with Crippen LogP contribution in [0.15, 0.2) is 43.0 Å². The summed E-state index contributed by atoms with van der Waals surface area (Å²) in [6.45, 7) is 5.87. The molecular formula is C18H17ClN2O5S. The van der Waals surface area contributed by atoms with Crippen LogP contribution in [0.5, 0.6) is 0 Å². The van der Waals surface area contributed by atoms with Gasteiger partial charge in [-0.25, -0.2) is 4.79 Å². The monoisotopic (exact) mass is 408 g/mol. The molecule has 0 N–H and O–H groups in total. The molecule has 1 heterocycles. The third kappa shape index (κ3) is 5.38. The van der Waals surface area contributed by atoms with E-state index < -0.39 is 16.8 Å². The van der Waals surface area contributed by atoms with Crippen LogP contribution in [0.3, 0.4) is 0 Å². The number of ether oxygens (including phenoxy) is 1. The molecule has 1 aromatic heterocycles. The van der Waals surface area contributed by atoms with Crippen molar-refractivity contribution in [2.24, 2.45) is 0 Å². The summed E-state index contributed by atoms with van der Waals surface area (Å²) in [7, 11) is 0. The summed E-state index contributed by atoms with van der Waals surface area (Å²) in [5.74, 6) is -1.19. The summed E-state index contributed by atoms with van der Waals surface area (Å²) in [4.78, 5) is 37.8. The van der Waals surface area contributed by atoms with E-state index in [0.717, 1.165) is 17.0 Å². The van der Waals surface area contributed by atoms with Crippen LogP contribution in [0.25, 0.3) is 0 Å². The van der Waals surface area contributed by atoms with Crippen molar-refractivity contribution in [3.63, 3.8) is 0 Å². The van der Waals surface area contributed by atoms with Crippen LogP contribution < -0.4 is 0 Å². The van der Waals surface area contributed by atoms with E-state index in [9.17, 15) is 19.7 Å². The van der Waals surface area contributed by atoms with Crippen LogP contribution >= 0.6 is 22.9 Å². The van der Waals surface area contributed by atoms with Crippen LogP contribution in [0.2, 0.25) is 4.34 Å². The van der Waals surface area contributed by atoms with Crippen LogP contribution in [0.4, 0.5) is 5.69 Å². The van der Waals surface area contributed by atoms with E-state index in [2.05, 4.69) is 6.58 Å². The molecule has 0 unspecified atom stereocenters. The molecular weight excluding hydrogens is 392 g/mol. The zero-order valence-corrected chi connectivity index (χ0v) is 16.1. The first-order valence-electron chi connectivity index (χ1n) is 7.96. The second-order valence-corrected chi connectivity index (χ2v) is 7.23. The van der Waals surface area contributed by atoms with E-state index in [-0.39, 0.29) is 36.5 Å². The Labute approximate surface area is 165 Å². The topological polar surface area (TPSA) is 89.8 Å². The maximum atomic E-state index is 12.9. The normalized spacial score (nSPS) is 10.3. The van der Waals surface area contributed by atoms with Gasteiger partial charge in [-0.1, -0.05) is 17.7 Å². The summed E-state index contributed by atoms with van der Waals surface area (Å²) in [5.41, 5.74) is -0.384. The van der Waals surface area contributed by atoms with Crippen molar-refractivity contribution in [3.05, 3.63) is 73.4 Å². The molecule has 0 saturated heterocycles. The third-order valence-electron chi connectivity index (χ3n) is 3.50. The summed E-state index contributed by atoms with van der Waals surface area (Å²) in [5, 5.41) is 11.2. The van der Waals surface area contributed by atoms with E-state index in [0.29, 0.717) is 4.34 Å². The minimum atomic E-state index is -0.726. The average Bonchev–Trinajstić information content (AvgIpc) is 3.05. The van der Waals surface area contributed by atoms with Gasteiger partial charge in [0.15, 0.2) is 0 Å². The molecule has 0 fully saturated rings. The molecule has 2 aromatic rings. The SMILES string of the molecule is C=CCN(Cc1ccc(Cl)s1)C(=O)c1cc(C(=O)OCC)cc([N+](=O)[O-])c1. The molecule has 0 atom stereocenters. The number of nitro groups is 1. The number of esters is 1. The zero-order valence-electron chi connectivity index (χ0n) is 14.5. The lowest BCUT2D eigenvalue weighted by Crippen LogP contribution is -2.30. The number of halogens is 1. The Hall–Kier alpha value is -2.71. The van der Waals surface area contributed by atoms with Crippen molar-refractivity contribution < 1.29 is 19.2 Å². The van der Waals surface area contributed by atoms with Gasteiger partial charge in [0.25, 0.3) is 11.6 Å². The molecule has 7 nitrogen and oxygen atoms in total. The zero-order chi connectivity index (χ0) is 20.0. The molecule has 2 rings (SSSR count). The molecule has 1 aromatic carbocycles. The van der Waals surface area contributed by atoms with Crippen LogP contribution in [0, 0.1) is 10.1 Å². The van der Waals surface area contributed by atoms with Crippen molar-refractivity contribution in [3.8, 4) is 0 Å². The predicted octanol–water partition coefficient (Wildman–Crippen LogP) is 4.31. The van der Waals surface area contributed by atoms with E-state index in [1.165, 1.54) is 22.3 Å².